The van der Waals surface area contributed by atoms with Crippen LogP contribution >= 0.6 is 0 Å². The van der Waals surface area contributed by atoms with Crippen LogP contribution in [0.2, 0.25) is 0 Å². The number of rotatable bonds is 1. The summed E-state index contributed by atoms with van der Waals surface area (Å²) >= 11 is 0. The number of nitrogens with one attached hydrogen (secondary N) is 1. The van der Waals surface area contributed by atoms with Gasteiger partial charge in [-0.1, -0.05) is 29.8 Å². The third-order valence-electron chi connectivity index (χ3n) is 2.88. The summed E-state index contributed by atoms with van der Waals surface area (Å²) in [5, 5.41) is 3.07. The molecular formula is C12H16FN. The van der Waals surface area contributed by atoms with Crippen molar-refractivity contribution < 1.29 is 4.39 Å². The summed E-state index contributed by atoms with van der Waals surface area (Å²) in [5.41, 5.74) is 2.37. The lowest BCUT2D eigenvalue weighted by Crippen LogP contribution is -2.36. The van der Waals surface area contributed by atoms with Gasteiger partial charge in [0.1, 0.15) is 6.17 Å². The summed E-state index contributed by atoms with van der Waals surface area (Å²) < 4.78 is 13.6. The largest absolute Gasteiger partial charge is 0.314 e. The first-order valence-corrected chi connectivity index (χ1v) is 5.19. The molecule has 2 rings (SSSR count). The van der Waals surface area contributed by atoms with Crippen molar-refractivity contribution in [1.29, 1.82) is 0 Å². The number of aryl methyl sites for hydroxylation is 1. The van der Waals surface area contributed by atoms with E-state index in [0.29, 0.717) is 6.54 Å². The van der Waals surface area contributed by atoms with E-state index in [1.54, 1.807) is 0 Å². The summed E-state index contributed by atoms with van der Waals surface area (Å²) in [6.07, 6.45) is 0.176. The van der Waals surface area contributed by atoms with E-state index >= 15 is 0 Å². The zero-order chi connectivity index (χ0) is 9.97. The van der Waals surface area contributed by atoms with Crippen LogP contribution in [0.4, 0.5) is 4.39 Å². The highest BCUT2D eigenvalue weighted by atomic mass is 19.1. The number of hydrogen-bond acceptors (Lipinski definition) is 1. The molecule has 0 amide bonds. The monoisotopic (exact) mass is 193 g/mol. The van der Waals surface area contributed by atoms with Crippen molar-refractivity contribution in [2.75, 3.05) is 13.1 Å². The maximum absolute atomic E-state index is 13.6. The van der Waals surface area contributed by atoms with Gasteiger partial charge in [-0.2, -0.15) is 0 Å². The van der Waals surface area contributed by atoms with E-state index in [4.69, 9.17) is 0 Å². The Kier molecular flexibility index (Phi) is 2.82. The van der Waals surface area contributed by atoms with E-state index in [-0.39, 0.29) is 5.92 Å². The maximum Gasteiger partial charge on any atom is 0.119 e. The number of benzene rings is 1. The summed E-state index contributed by atoms with van der Waals surface area (Å²) in [6.45, 7) is 3.48. The maximum atomic E-state index is 13.6. The highest BCUT2D eigenvalue weighted by Gasteiger charge is 2.25. The Morgan fingerprint density at radius 3 is 3.00 bits per heavy atom. The standard InChI is InChI=1S/C12H16FN/c1-9-3-2-4-10(7-9)11-5-6-14-8-12(11)13/h2-4,7,11-12,14H,5-6,8H2,1H3. The molecule has 0 radical (unpaired) electrons. The minimum atomic E-state index is -0.731. The van der Waals surface area contributed by atoms with E-state index in [1.807, 2.05) is 12.1 Å². The molecule has 1 aromatic carbocycles. The van der Waals surface area contributed by atoms with Gasteiger partial charge in [0.2, 0.25) is 0 Å². The van der Waals surface area contributed by atoms with Crippen LogP contribution in [-0.2, 0) is 0 Å². The second-order valence-corrected chi connectivity index (χ2v) is 4.03. The van der Waals surface area contributed by atoms with Crippen LogP contribution in [0, 0.1) is 6.92 Å². The molecule has 0 aliphatic carbocycles. The molecule has 1 heterocycles. The van der Waals surface area contributed by atoms with Gasteiger partial charge in [0.05, 0.1) is 0 Å². The van der Waals surface area contributed by atoms with Gasteiger partial charge in [-0.25, -0.2) is 4.39 Å². The summed E-state index contributed by atoms with van der Waals surface area (Å²) in [7, 11) is 0. The quantitative estimate of drug-likeness (QED) is 0.722. The fourth-order valence-corrected chi connectivity index (χ4v) is 2.10. The van der Waals surface area contributed by atoms with Crippen LogP contribution in [0.15, 0.2) is 24.3 Å². The van der Waals surface area contributed by atoms with Crippen molar-refractivity contribution in [2.24, 2.45) is 0 Å². The fraction of sp³-hybridized carbons (Fsp3) is 0.500. The minimum absolute atomic E-state index is 0.0937. The molecule has 14 heavy (non-hydrogen) atoms. The summed E-state index contributed by atoms with van der Waals surface area (Å²) in [5.74, 6) is 0.0937. The normalized spacial score (nSPS) is 27.6. The predicted molar refractivity (Wildman–Crippen MR) is 56.3 cm³/mol. The fourth-order valence-electron chi connectivity index (χ4n) is 2.10. The van der Waals surface area contributed by atoms with Gasteiger partial charge in [-0.3, -0.25) is 0 Å². The second-order valence-electron chi connectivity index (χ2n) is 4.03. The molecule has 2 heteroatoms. The van der Waals surface area contributed by atoms with Crippen LogP contribution < -0.4 is 5.32 Å². The summed E-state index contributed by atoms with van der Waals surface area (Å²) in [4.78, 5) is 0. The Balaban J connectivity index is 2.20. The average molecular weight is 193 g/mol. The molecule has 2 unspecified atom stereocenters. The Bertz CT molecular complexity index is 311. The van der Waals surface area contributed by atoms with Crippen LogP contribution in [0.5, 0.6) is 0 Å². The average Bonchev–Trinajstić information content (AvgIpc) is 2.18. The lowest BCUT2D eigenvalue weighted by molar-refractivity contribution is 0.231. The zero-order valence-electron chi connectivity index (χ0n) is 8.46. The first-order chi connectivity index (χ1) is 6.77. The van der Waals surface area contributed by atoms with Gasteiger partial charge in [0.25, 0.3) is 0 Å². The molecule has 0 bridgehead atoms. The second kappa shape index (κ2) is 4.09. The predicted octanol–water partition coefficient (Wildman–Crippen LogP) is 2.41. The van der Waals surface area contributed by atoms with Crippen molar-refractivity contribution >= 4 is 0 Å². The SMILES string of the molecule is Cc1cccc(C2CCNCC2F)c1. The zero-order valence-corrected chi connectivity index (χ0v) is 8.46. The first-order valence-electron chi connectivity index (χ1n) is 5.19. The van der Waals surface area contributed by atoms with Gasteiger partial charge in [-0.15, -0.1) is 0 Å². The van der Waals surface area contributed by atoms with Gasteiger partial charge in [0, 0.05) is 12.5 Å². The molecule has 0 saturated carbocycles. The molecule has 2 atom stereocenters. The van der Waals surface area contributed by atoms with Crippen molar-refractivity contribution in [3.8, 4) is 0 Å². The van der Waals surface area contributed by atoms with E-state index in [0.717, 1.165) is 18.5 Å². The molecule has 1 aromatic rings. The smallest absolute Gasteiger partial charge is 0.119 e. The molecule has 0 spiro atoms. The number of hydrogen-bond donors (Lipinski definition) is 1. The van der Waals surface area contributed by atoms with Crippen molar-refractivity contribution in [1.82, 2.24) is 5.32 Å². The third-order valence-corrected chi connectivity index (χ3v) is 2.88. The molecule has 1 aliphatic rings. The van der Waals surface area contributed by atoms with Crippen LogP contribution in [-0.4, -0.2) is 19.3 Å². The molecule has 1 nitrogen and oxygen atoms in total. The Hall–Kier alpha value is -0.890. The highest BCUT2D eigenvalue weighted by molar-refractivity contribution is 5.26. The lowest BCUT2D eigenvalue weighted by atomic mass is 9.88. The topological polar surface area (TPSA) is 12.0 Å². The van der Waals surface area contributed by atoms with Gasteiger partial charge in [0.15, 0.2) is 0 Å². The van der Waals surface area contributed by atoms with E-state index in [9.17, 15) is 4.39 Å². The molecule has 0 aromatic heterocycles. The molecule has 1 fully saturated rings. The molecule has 76 valence electrons. The Labute approximate surface area is 84.3 Å². The van der Waals surface area contributed by atoms with Crippen molar-refractivity contribution in [2.45, 2.75) is 25.4 Å². The van der Waals surface area contributed by atoms with Gasteiger partial charge in [-0.05, 0) is 25.5 Å². The van der Waals surface area contributed by atoms with Gasteiger partial charge >= 0.3 is 0 Å². The van der Waals surface area contributed by atoms with Crippen LogP contribution in [0.1, 0.15) is 23.5 Å². The number of piperidine rings is 1. The highest BCUT2D eigenvalue weighted by Crippen LogP contribution is 2.27. The van der Waals surface area contributed by atoms with E-state index in [2.05, 4.69) is 24.4 Å². The van der Waals surface area contributed by atoms with E-state index < -0.39 is 6.17 Å². The van der Waals surface area contributed by atoms with Crippen molar-refractivity contribution in [3.63, 3.8) is 0 Å². The Morgan fingerprint density at radius 1 is 1.43 bits per heavy atom. The minimum Gasteiger partial charge on any atom is -0.314 e. The summed E-state index contributed by atoms with van der Waals surface area (Å²) in [6, 6.07) is 8.20. The molecular weight excluding hydrogens is 177 g/mol. The van der Waals surface area contributed by atoms with Crippen LogP contribution in [0.3, 0.4) is 0 Å². The first kappa shape index (κ1) is 9.66. The lowest BCUT2D eigenvalue weighted by Gasteiger charge is -2.27. The number of halogens is 1. The van der Waals surface area contributed by atoms with Crippen molar-refractivity contribution in [3.05, 3.63) is 35.4 Å². The van der Waals surface area contributed by atoms with Gasteiger partial charge < -0.3 is 5.32 Å². The molecule has 1 aliphatic heterocycles. The van der Waals surface area contributed by atoms with E-state index in [1.165, 1.54) is 5.56 Å². The number of alkyl halides is 1. The molecule has 1 saturated heterocycles. The Morgan fingerprint density at radius 2 is 2.29 bits per heavy atom. The third kappa shape index (κ3) is 1.95. The molecule has 1 N–H and O–H groups in total. The van der Waals surface area contributed by atoms with Crippen LogP contribution in [0.25, 0.3) is 0 Å².